The Labute approximate surface area is 619 Å². The molecule has 0 atom stereocenters. The Hall–Kier alpha value is -10.7. The Kier molecular flexibility index (Phi) is 34.0. The summed E-state index contributed by atoms with van der Waals surface area (Å²) >= 11 is 7.89. The van der Waals surface area contributed by atoms with Gasteiger partial charge in [-0.2, -0.15) is 0 Å². The number of benzene rings is 4. The maximum absolute atomic E-state index is 10.7. The first-order valence-corrected chi connectivity index (χ1v) is 33.9. The van der Waals surface area contributed by atoms with E-state index in [0.717, 1.165) is 99.4 Å². The average molecular weight is 1600 g/mol. The van der Waals surface area contributed by atoms with Crippen LogP contribution in [0.2, 0.25) is 0 Å². The van der Waals surface area contributed by atoms with Crippen molar-refractivity contribution in [1.29, 1.82) is 5.41 Å². The van der Waals surface area contributed by atoms with Crippen molar-refractivity contribution in [3.8, 4) is 17.1 Å². The fraction of sp³-hybridized carbons (Fsp3) is 0.101. The third-order valence-corrected chi connectivity index (χ3v) is 16.5. The van der Waals surface area contributed by atoms with Crippen molar-refractivity contribution in [1.82, 2.24) is 49.3 Å². The quantitative estimate of drug-likeness (QED) is 0.00836. The van der Waals surface area contributed by atoms with E-state index in [1.807, 2.05) is 163 Å². The standard InChI is InChI=1S/C18H15N5S.C13H10N4O2.C13H12N4.C8H6N2O2.C6H7NS2.C5H5BrN2.C4H12N2.C2H6O.HI.H4N2/c19-17-6-4-14(11-21-17)23-8-7-12-10-13(3-5-15(12)23)22-18(20)16-2-1-9-24-16;14-13-4-2-11(8-15-13)16-6-5-9-7-10(17(18)19)1-3-12(9)16;14-10-1-3-12-9(7-10)5-6-17(12)11-2-4-13(15)16-8-11;11-10(12)7-1-2-8-6(5-7)3-4-9-8;1-8-6(7)5-3-2-4-9-5;6-4-1-2-5(7)8-3-4;1-5-3-4-6-2;1-2-3;;1-2/h1-11H,(H2,19,21)(H2,20,22);1-8H,(H2,14,15);1-8H,14H2,(H2,15,16);1-5,9H;2-4,7H,1H3;1-3H,(H2,7,8);5-6H,3-4H2,1-2H3;3H,2H2,1H3;1H;1-2H2. The molecule has 0 aliphatic heterocycles. The average Bonchev–Trinajstić information content (AvgIpc) is 1.69. The van der Waals surface area contributed by atoms with Gasteiger partial charge in [-0.25, -0.2) is 24.9 Å². The number of thioether (sulfide) groups is 1. The molecule has 0 amide bonds. The maximum Gasteiger partial charge on any atom is 0.270 e. The molecule has 0 radical (unpaired) electrons. The van der Waals surface area contributed by atoms with Crippen molar-refractivity contribution < 1.29 is 15.0 Å². The summed E-state index contributed by atoms with van der Waals surface area (Å²) in [6.45, 7) is 4.03. The maximum atomic E-state index is 10.7. The number of nitrogens with two attached hydrogens (primary N) is 8. The van der Waals surface area contributed by atoms with Gasteiger partial charge in [0.15, 0.2) is 0 Å². The summed E-state index contributed by atoms with van der Waals surface area (Å²) in [5.41, 5.74) is 42.5. The highest BCUT2D eigenvalue weighted by Gasteiger charge is 2.12. The van der Waals surface area contributed by atoms with E-state index < -0.39 is 9.85 Å². The lowest BCUT2D eigenvalue weighted by Gasteiger charge is -2.05. The molecule has 10 heterocycles. The number of pyridine rings is 4. The minimum Gasteiger partial charge on any atom is -0.399 e. The number of nitrogens with one attached hydrogen (secondary N) is 4. The van der Waals surface area contributed by atoms with Crippen LogP contribution < -0.4 is 56.7 Å². The number of thiophene rings is 2. The third kappa shape index (κ3) is 24.9. The Morgan fingerprint density at radius 1 is 0.594 bits per heavy atom. The van der Waals surface area contributed by atoms with Gasteiger partial charge in [0.2, 0.25) is 0 Å². The van der Waals surface area contributed by atoms with E-state index in [4.69, 9.17) is 44.9 Å². The van der Waals surface area contributed by atoms with Crippen LogP contribution >= 0.6 is 74.3 Å². The Morgan fingerprint density at radius 3 is 1.44 bits per heavy atom. The third-order valence-electron chi connectivity index (χ3n) is 13.5. The minimum absolute atomic E-state index is 0. The zero-order valence-electron chi connectivity index (χ0n) is 55.2. The summed E-state index contributed by atoms with van der Waals surface area (Å²) in [6.07, 6.45) is 16.4. The second-order valence-electron chi connectivity index (χ2n) is 20.4. The summed E-state index contributed by atoms with van der Waals surface area (Å²) in [5, 5.41) is 50.6. The molecular weight excluding hydrogens is 1520 g/mol. The molecule has 32 heteroatoms. The number of aromatic amines is 1. The van der Waals surface area contributed by atoms with Crippen molar-refractivity contribution in [2.45, 2.75) is 6.92 Å². The Morgan fingerprint density at radius 2 is 1.02 bits per heavy atom. The number of aliphatic imine (C=N–C) groups is 1. The van der Waals surface area contributed by atoms with Gasteiger partial charge in [0.1, 0.15) is 34.2 Å². The number of rotatable bonds is 11. The Bertz CT molecular complexity index is 4800. The van der Waals surface area contributed by atoms with Gasteiger partial charge in [-0.3, -0.25) is 37.3 Å². The number of nitrogens with zero attached hydrogens (tertiary/aromatic N) is 10. The number of anilines is 5. The zero-order chi connectivity index (χ0) is 72.5. The first-order chi connectivity index (χ1) is 48.3. The molecule has 101 heavy (non-hydrogen) atoms. The molecule has 21 N–H and O–H groups in total. The van der Waals surface area contributed by atoms with Crippen LogP contribution in [-0.4, -0.2) is 105 Å². The number of aliphatic hydroxyl groups excluding tert-OH is 1. The topological polar surface area (TPSA) is 457 Å². The second-order valence-corrected chi connectivity index (χ2v) is 24.0. The fourth-order valence-corrected chi connectivity index (χ4v) is 10.9. The van der Waals surface area contributed by atoms with Gasteiger partial charge in [-0.15, -0.1) is 58.4 Å². The highest BCUT2D eigenvalue weighted by Crippen LogP contribution is 2.28. The molecule has 27 nitrogen and oxygen atoms in total. The Balaban J connectivity index is 0.000000218. The number of likely N-dealkylation sites (N-methyl/N-ethyl adjacent to an activating group) is 2. The smallest absolute Gasteiger partial charge is 0.270 e. The molecule has 0 saturated heterocycles. The summed E-state index contributed by atoms with van der Waals surface area (Å²) in [4.78, 5) is 45.9. The van der Waals surface area contributed by atoms with Crippen molar-refractivity contribution >= 4 is 175 Å². The molecule has 10 aromatic heterocycles. The van der Waals surface area contributed by atoms with E-state index in [1.165, 1.54) is 23.9 Å². The number of nitro groups is 2. The molecule has 14 rings (SSSR count). The predicted octanol–water partition coefficient (Wildman–Crippen LogP) is 13.2. The van der Waals surface area contributed by atoms with Crippen molar-refractivity contribution in [2.24, 2.45) is 22.4 Å². The number of nitro benzene ring substituents is 2. The second kappa shape index (κ2) is 42.3. The van der Waals surface area contributed by atoms with Crippen molar-refractivity contribution in [3.05, 3.63) is 265 Å². The normalized spacial score (nSPS) is 10.2. The van der Waals surface area contributed by atoms with E-state index in [0.29, 0.717) is 34.2 Å². The van der Waals surface area contributed by atoms with Crippen LogP contribution in [0.25, 0.3) is 60.7 Å². The number of amidine groups is 1. The number of halogens is 2. The first-order valence-electron chi connectivity index (χ1n) is 30.1. The number of hydrazine groups is 1. The first kappa shape index (κ1) is 81.0. The van der Waals surface area contributed by atoms with E-state index in [9.17, 15) is 20.2 Å². The number of hydrogen-bond acceptors (Lipinski definition) is 23. The van der Waals surface area contributed by atoms with Gasteiger partial charge in [0.25, 0.3) is 11.4 Å². The molecule has 0 spiro atoms. The van der Waals surface area contributed by atoms with Crippen LogP contribution in [0.15, 0.2) is 240 Å². The molecule has 0 aliphatic rings. The summed E-state index contributed by atoms with van der Waals surface area (Å²) in [5.74, 6) is 10.6. The number of aliphatic hydroxyl groups is 1. The van der Waals surface area contributed by atoms with Gasteiger partial charge in [0, 0.05) is 112 Å². The van der Waals surface area contributed by atoms with Crippen LogP contribution in [0.1, 0.15) is 16.7 Å². The number of H-pyrrole nitrogens is 1. The lowest BCUT2D eigenvalue weighted by atomic mass is 10.2. The summed E-state index contributed by atoms with van der Waals surface area (Å²) in [7, 11) is 3.88. The number of non-ortho nitro benzene ring substituents is 2. The number of hydrogen-bond donors (Lipinski definition) is 13. The summed E-state index contributed by atoms with van der Waals surface area (Å²) in [6, 6.07) is 51.6. The molecule has 0 aliphatic carbocycles. The molecule has 0 unspecified atom stereocenters. The predicted molar refractivity (Wildman–Crippen MR) is 433 cm³/mol. The van der Waals surface area contributed by atoms with E-state index >= 15 is 0 Å². The summed E-state index contributed by atoms with van der Waals surface area (Å²) < 4.78 is 6.98. The largest absolute Gasteiger partial charge is 0.399 e. The molecule has 0 bridgehead atoms. The highest BCUT2D eigenvalue weighted by atomic mass is 127. The van der Waals surface area contributed by atoms with Gasteiger partial charge >= 0.3 is 0 Å². The highest BCUT2D eigenvalue weighted by molar-refractivity contribution is 14.0. The zero-order valence-corrected chi connectivity index (χ0v) is 61.6. The van der Waals surface area contributed by atoms with Crippen LogP contribution in [0.5, 0.6) is 0 Å². The number of nitrogen functional groups attached to an aromatic ring is 5. The number of aromatic nitrogens is 8. The van der Waals surface area contributed by atoms with Crippen LogP contribution in [0.3, 0.4) is 0 Å². The lowest BCUT2D eigenvalue weighted by Crippen LogP contribution is -2.21. The van der Waals surface area contributed by atoms with E-state index in [-0.39, 0.29) is 42.0 Å². The SMILES string of the molecule is CCO.CNCCNC.CSC(=N)c1cccs1.I.NC(=Nc1ccc2c(ccn2-c2ccc(N)nc2)c1)c1cccs1.NN.Nc1ccc(-n2ccc3cc([N+](=O)[O-])ccc32)cn1.Nc1ccc(Br)cn1.Nc1ccc2c(ccn2-c2ccc(N)nc2)c1.O=[N+]([O-])c1ccc2[nH]ccc2c1. The molecule has 14 aromatic rings. The van der Waals surface area contributed by atoms with Crippen molar-refractivity contribution in [2.75, 3.05) is 68.7 Å². The van der Waals surface area contributed by atoms with Crippen LogP contribution in [0.4, 0.5) is 46.0 Å². The van der Waals surface area contributed by atoms with Crippen molar-refractivity contribution in [3.63, 3.8) is 0 Å². The monoisotopic (exact) mass is 1600 g/mol. The van der Waals surface area contributed by atoms with Gasteiger partial charge in [-0.1, -0.05) is 12.1 Å². The van der Waals surface area contributed by atoms with Gasteiger partial charge in [-0.05, 0) is 187 Å². The molecule has 0 saturated carbocycles. The van der Waals surface area contributed by atoms with E-state index in [1.54, 1.807) is 109 Å². The van der Waals surface area contributed by atoms with Gasteiger partial charge < -0.3 is 68.8 Å². The van der Waals surface area contributed by atoms with Crippen LogP contribution in [0, 0.1) is 25.6 Å². The minimum atomic E-state index is -0.401. The lowest BCUT2D eigenvalue weighted by molar-refractivity contribution is -0.384. The van der Waals surface area contributed by atoms with E-state index in [2.05, 4.69) is 77.3 Å². The molecule has 4 aromatic carbocycles. The van der Waals surface area contributed by atoms with Crippen LogP contribution in [-0.2, 0) is 0 Å². The molecule has 0 fully saturated rings. The molecule has 526 valence electrons. The fourth-order valence-electron chi connectivity index (χ4n) is 8.82. The number of fused-ring (bicyclic) bond motifs is 4. The van der Waals surface area contributed by atoms with Gasteiger partial charge in [0.05, 0.1) is 77.5 Å². The molecular formula is C69H78BrIN22O5S3.